The summed E-state index contributed by atoms with van der Waals surface area (Å²) in [6.07, 6.45) is 5.25. The topological polar surface area (TPSA) is 85.8 Å². The highest BCUT2D eigenvalue weighted by Crippen LogP contribution is 2.15. The molecule has 19 heavy (non-hydrogen) atoms. The summed E-state index contributed by atoms with van der Waals surface area (Å²) in [6, 6.07) is 1.65. The van der Waals surface area contributed by atoms with Crippen LogP contribution in [0.5, 0.6) is 0 Å². The van der Waals surface area contributed by atoms with Gasteiger partial charge in [-0.05, 0) is 34.5 Å². The largest absolute Gasteiger partial charge is 0.383 e. The fraction of sp³-hybridized carbons (Fsp3) is 0.250. The molecule has 0 unspecified atom stereocenters. The molecule has 0 saturated carbocycles. The zero-order valence-corrected chi connectivity index (χ0v) is 12.0. The summed E-state index contributed by atoms with van der Waals surface area (Å²) in [5, 5.41) is 6.92. The smallest absolute Gasteiger partial charge is 0.255 e. The second-order valence-corrected chi connectivity index (χ2v) is 5.04. The Morgan fingerprint density at radius 3 is 3.00 bits per heavy atom. The third kappa shape index (κ3) is 3.54. The molecule has 0 bridgehead atoms. The molecule has 7 heteroatoms. The second-order valence-electron chi connectivity index (χ2n) is 4.12. The fourth-order valence-corrected chi connectivity index (χ4v) is 1.93. The number of nitrogen functional groups attached to an aromatic ring is 1. The first kappa shape index (κ1) is 13.5. The van der Waals surface area contributed by atoms with Crippen LogP contribution in [-0.4, -0.2) is 27.2 Å². The highest BCUT2D eigenvalue weighted by Gasteiger charge is 2.10. The average Bonchev–Trinajstić information content (AvgIpc) is 2.78. The lowest BCUT2D eigenvalue weighted by Crippen LogP contribution is -2.28. The molecule has 6 nitrogen and oxygen atoms in total. The van der Waals surface area contributed by atoms with Crippen molar-refractivity contribution in [3.63, 3.8) is 0 Å². The molecule has 0 radical (unpaired) electrons. The van der Waals surface area contributed by atoms with Gasteiger partial charge in [0, 0.05) is 23.4 Å². The maximum atomic E-state index is 11.9. The minimum Gasteiger partial charge on any atom is -0.383 e. The van der Waals surface area contributed by atoms with E-state index < -0.39 is 0 Å². The SMILES string of the molecule is Cc1cnn(CCNC(=O)c2cc(Br)cnc2N)c1. The molecular formula is C12H14BrN5O. The molecule has 2 aromatic rings. The van der Waals surface area contributed by atoms with Crippen LogP contribution in [0.4, 0.5) is 5.82 Å². The van der Waals surface area contributed by atoms with Crippen LogP contribution >= 0.6 is 15.9 Å². The monoisotopic (exact) mass is 323 g/mol. The quantitative estimate of drug-likeness (QED) is 0.889. The molecule has 0 aliphatic carbocycles. The maximum absolute atomic E-state index is 11.9. The van der Waals surface area contributed by atoms with Crippen molar-refractivity contribution < 1.29 is 4.79 Å². The van der Waals surface area contributed by atoms with Crippen molar-refractivity contribution in [2.45, 2.75) is 13.5 Å². The average molecular weight is 324 g/mol. The van der Waals surface area contributed by atoms with Crippen molar-refractivity contribution in [2.75, 3.05) is 12.3 Å². The van der Waals surface area contributed by atoms with Crippen LogP contribution in [0.3, 0.4) is 0 Å². The number of amides is 1. The third-order valence-corrected chi connectivity index (χ3v) is 2.95. The van der Waals surface area contributed by atoms with Crippen LogP contribution in [0, 0.1) is 6.92 Å². The van der Waals surface area contributed by atoms with Gasteiger partial charge in [0.05, 0.1) is 18.3 Å². The molecule has 0 spiro atoms. The number of hydrogen-bond acceptors (Lipinski definition) is 4. The van der Waals surface area contributed by atoms with Gasteiger partial charge in [-0.1, -0.05) is 0 Å². The summed E-state index contributed by atoms with van der Waals surface area (Å²) in [6.45, 7) is 3.06. The van der Waals surface area contributed by atoms with Crippen LogP contribution < -0.4 is 11.1 Å². The first-order valence-corrected chi connectivity index (χ1v) is 6.54. The summed E-state index contributed by atoms with van der Waals surface area (Å²) in [7, 11) is 0. The zero-order chi connectivity index (χ0) is 13.8. The van der Waals surface area contributed by atoms with E-state index >= 15 is 0 Å². The molecule has 3 N–H and O–H groups in total. The Balaban J connectivity index is 1.92. The zero-order valence-electron chi connectivity index (χ0n) is 10.4. The predicted molar refractivity (Wildman–Crippen MR) is 75.6 cm³/mol. The van der Waals surface area contributed by atoms with E-state index in [2.05, 4.69) is 31.3 Å². The van der Waals surface area contributed by atoms with E-state index in [9.17, 15) is 4.79 Å². The first-order valence-electron chi connectivity index (χ1n) is 5.74. The molecular weight excluding hydrogens is 310 g/mol. The van der Waals surface area contributed by atoms with Gasteiger partial charge in [0.2, 0.25) is 0 Å². The van der Waals surface area contributed by atoms with E-state index in [-0.39, 0.29) is 11.7 Å². The molecule has 100 valence electrons. The number of pyridine rings is 1. The number of rotatable bonds is 4. The van der Waals surface area contributed by atoms with Gasteiger partial charge in [-0.3, -0.25) is 9.48 Å². The lowest BCUT2D eigenvalue weighted by molar-refractivity contribution is 0.0952. The maximum Gasteiger partial charge on any atom is 0.255 e. The lowest BCUT2D eigenvalue weighted by atomic mass is 10.2. The molecule has 0 aromatic carbocycles. The van der Waals surface area contributed by atoms with Crippen molar-refractivity contribution in [1.29, 1.82) is 0 Å². The Kier molecular flexibility index (Phi) is 4.16. The molecule has 0 aliphatic heterocycles. The normalized spacial score (nSPS) is 10.4. The van der Waals surface area contributed by atoms with Gasteiger partial charge in [0.1, 0.15) is 5.82 Å². The number of carbonyl (C=O) groups excluding carboxylic acids is 1. The van der Waals surface area contributed by atoms with Crippen molar-refractivity contribution >= 4 is 27.7 Å². The van der Waals surface area contributed by atoms with E-state index in [1.807, 2.05) is 13.1 Å². The second kappa shape index (κ2) is 5.83. The van der Waals surface area contributed by atoms with Crippen LogP contribution in [-0.2, 0) is 6.54 Å². The molecule has 2 rings (SSSR count). The number of nitrogens with one attached hydrogen (secondary N) is 1. The lowest BCUT2D eigenvalue weighted by Gasteiger charge is -2.07. The minimum absolute atomic E-state index is 0.218. The van der Waals surface area contributed by atoms with E-state index in [0.717, 1.165) is 10.0 Å². The summed E-state index contributed by atoms with van der Waals surface area (Å²) < 4.78 is 2.49. The van der Waals surface area contributed by atoms with E-state index in [1.54, 1.807) is 23.1 Å². The molecule has 0 aliphatic rings. The standard InChI is InChI=1S/C12H14BrN5O/c1-8-5-17-18(7-8)3-2-15-12(19)10-4-9(13)6-16-11(10)14/h4-7H,2-3H2,1H3,(H2,14,16)(H,15,19). The van der Waals surface area contributed by atoms with Gasteiger partial charge in [-0.25, -0.2) is 4.98 Å². The van der Waals surface area contributed by atoms with E-state index in [0.29, 0.717) is 18.7 Å². The number of nitrogens with two attached hydrogens (primary N) is 1. The molecule has 0 atom stereocenters. The highest BCUT2D eigenvalue weighted by molar-refractivity contribution is 9.10. The number of aromatic nitrogens is 3. The number of aryl methyl sites for hydroxylation is 1. The Labute approximate surface area is 119 Å². The van der Waals surface area contributed by atoms with Crippen LogP contribution in [0.1, 0.15) is 15.9 Å². The Morgan fingerprint density at radius 2 is 2.32 bits per heavy atom. The molecule has 2 heterocycles. The molecule has 1 amide bonds. The number of halogens is 1. The van der Waals surface area contributed by atoms with Gasteiger partial charge in [0.15, 0.2) is 0 Å². The number of nitrogens with zero attached hydrogens (tertiary/aromatic N) is 3. The van der Waals surface area contributed by atoms with Gasteiger partial charge in [-0.2, -0.15) is 5.10 Å². The summed E-state index contributed by atoms with van der Waals surface area (Å²) in [5.41, 5.74) is 7.12. The highest BCUT2D eigenvalue weighted by atomic mass is 79.9. The van der Waals surface area contributed by atoms with Crippen molar-refractivity contribution in [2.24, 2.45) is 0 Å². The van der Waals surface area contributed by atoms with Gasteiger partial charge >= 0.3 is 0 Å². The molecule has 0 fully saturated rings. The van der Waals surface area contributed by atoms with Gasteiger partial charge in [0.25, 0.3) is 5.91 Å². The van der Waals surface area contributed by atoms with Gasteiger partial charge in [-0.15, -0.1) is 0 Å². The van der Waals surface area contributed by atoms with Crippen molar-refractivity contribution in [3.05, 3.63) is 40.3 Å². The summed E-state index contributed by atoms with van der Waals surface area (Å²) in [4.78, 5) is 15.9. The fourth-order valence-electron chi connectivity index (χ4n) is 1.60. The van der Waals surface area contributed by atoms with Crippen molar-refractivity contribution in [1.82, 2.24) is 20.1 Å². The van der Waals surface area contributed by atoms with Crippen LogP contribution in [0.15, 0.2) is 29.1 Å². The Morgan fingerprint density at radius 1 is 1.53 bits per heavy atom. The number of hydrogen-bond donors (Lipinski definition) is 2. The molecule has 2 aromatic heterocycles. The first-order chi connectivity index (χ1) is 9.06. The Hall–Kier alpha value is -1.89. The predicted octanol–water partition coefficient (Wildman–Crippen LogP) is 1.36. The van der Waals surface area contributed by atoms with Crippen LogP contribution in [0.2, 0.25) is 0 Å². The summed E-state index contributed by atoms with van der Waals surface area (Å²) >= 11 is 3.26. The number of anilines is 1. The molecule has 0 saturated heterocycles. The Bertz CT molecular complexity index is 596. The third-order valence-electron chi connectivity index (χ3n) is 2.52. The van der Waals surface area contributed by atoms with E-state index in [1.165, 1.54) is 0 Å². The van der Waals surface area contributed by atoms with Crippen LogP contribution in [0.25, 0.3) is 0 Å². The van der Waals surface area contributed by atoms with E-state index in [4.69, 9.17) is 5.73 Å². The number of carbonyl (C=O) groups is 1. The summed E-state index contributed by atoms with van der Waals surface area (Å²) in [5.74, 6) is -0.0224. The van der Waals surface area contributed by atoms with Gasteiger partial charge < -0.3 is 11.1 Å². The van der Waals surface area contributed by atoms with Crippen molar-refractivity contribution in [3.8, 4) is 0 Å². The minimum atomic E-state index is -0.241.